The van der Waals surface area contributed by atoms with Crippen LogP contribution in [0.25, 0.3) is 0 Å². The fraction of sp³-hybridized carbons (Fsp3) is 0.643. The zero-order chi connectivity index (χ0) is 15.7. The van der Waals surface area contributed by atoms with E-state index in [1.807, 2.05) is 0 Å². The summed E-state index contributed by atoms with van der Waals surface area (Å²) in [5.41, 5.74) is 0.134. The molecule has 1 amide bonds. The van der Waals surface area contributed by atoms with E-state index < -0.39 is 5.97 Å². The lowest BCUT2D eigenvalue weighted by Crippen LogP contribution is -2.30. The van der Waals surface area contributed by atoms with Gasteiger partial charge in [-0.3, -0.25) is 9.48 Å². The van der Waals surface area contributed by atoms with Gasteiger partial charge in [0.2, 0.25) is 5.91 Å². The molecule has 0 aliphatic rings. The first-order valence-corrected chi connectivity index (χ1v) is 7.31. The SMILES string of the molecule is CCN(CC)CCCNC(=O)CCn1cc(C(=O)O)cn1. The number of aromatic nitrogens is 2. The van der Waals surface area contributed by atoms with Crippen LogP contribution in [0, 0.1) is 0 Å². The number of hydrogen-bond acceptors (Lipinski definition) is 4. The molecule has 0 bridgehead atoms. The van der Waals surface area contributed by atoms with Gasteiger partial charge in [0.05, 0.1) is 11.8 Å². The van der Waals surface area contributed by atoms with E-state index in [1.165, 1.54) is 17.1 Å². The second kappa shape index (κ2) is 9.12. The van der Waals surface area contributed by atoms with Crippen molar-refractivity contribution in [2.24, 2.45) is 0 Å². The number of nitrogens with zero attached hydrogens (tertiary/aromatic N) is 3. The summed E-state index contributed by atoms with van der Waals surface area (Å²) < 4.78 is 1.47. The number of carbonyl (C=O) groups is 2. The van der Waals surface area contributed by atoms with Crippen LogP contribution in [0.1, 0.15) is 37.0 Å². The third-order valence-corrected chi connectivity index (χ3v) is 3.32. The van der Waals surface area contributed by atoms with Crippen molar-refractivity contribution in [3.63, 3.8) is 0 Å². The van der Waals surface area contributed by atoms with Gasteiger partial charge < -0.3 is 15.3 Å². The Bertz CT molecular complexity index is 455. The summed E-state index contributed by atoms with van der Waals surface area (Å²) >= 11 is 0. The van der Waals surface area contributed by atoms with Gasteiger partial charge in [0.25, 0.3) is 0 Å². The maximum absolute atomic E-state index is 11.7. The Labute approximate surface area is 124 Å². The molecule has 1 aromatic rings. The fourth-order valence-electron chi connectivity index (χ4n) is 1.97. The van der Waals surface area contributed by atoms with E-state index in [9.17, 15) is 9.59 Å². The lowest BCUT2D eigenvalue weighted by molar-refractivity contribution is -0.121. The van der Waals surface area contributed by atoms with Crippen molar-refractivity contribution >= 4 is 11.9 Å². The number of hydrogen-bond donors (Lipinski definition) is 2. The van der Waals surface area contributed by atoms with E-state index in [1.54, 1.807) is 0 Å². The molecule has 0 saturated carbocycles. The molecule has 0 radical (unpaired) electrons. The van der Waals surface area contributed by atoms with E-state index in [0.717, 1.165) is 26.1 Å². The van der Waals surface area contributed by atoms with Gasteiger partial charge in [0.1, 0.15) is 0 Å². The van der Waals surface area contributed by atoms with Crippen molar-refractivity contribution in [3.05, 3.63) is 18.0 Å². The zero-order valence-electron chi connectivity index (χ0n) is 12.7. The summed E-state index contributed by atoms with van der Waals surface area (Å²) in [6, 6.07) is 0. The van der Waals surface area contributed by atoms with Crippen LogP contribution in [0.4, 0.5) is 0 Å². The molecule has 0 aliphatic carbocycles. The van der Waals surface area contributed by atoms with Crippen LogP contribution in [0.2, 0.25) is 0 Å². The number of carboxylic acid groups (broad SMARTS) is 1. The molecule has 1 heterocycles. The first-order chi connectivity index (χ1) is 10.1. The highest BCUT2D eigenvalue weighted by molar-refractivity contribution is 5.86. The number of nitrogens with one attached hydrogen (secondary N) is 1. The topological polar surface area (TPSA) is 87.5 Å². The Morgan fingerprint density at radius 1 is 1.38 bits per heavy atom. The third-order valence-electron chi connectivity index (χ3n) is 3.32. The molecule has 0 unspecified atom stereocenters. The Balaban J connectivity index is 2.17. The van der Waals surface area contributed by atoms with Gasteiger partial charge in [0, 0.05) is 25.7 Å². The third kappa shape index (κ3) is 6.40. The molecular weight excluding hydrogens is 272 g/mol. The molecule has 0 fully saturated rings. The Kier molecular flexibility index (Phi) is 7.45. The smallest absolute Gasteiger partial charge is 0.338 e. The van der Waals surface area contributed by atoms with Crippen LogP contribution in [-0.4, -0.2) is 57.8 Å². The summed E-state index contributed by atoms with van der Waals surface area (Å²) in [6.07, 6.45) is 3.94. The van der Waals surface area contributed by atoms with Crippen LogP contribution in [0.15, 0.2) is 12.4 Å². The molecule has 7 heteroatoms. The molecule has 0 spiro atoms. The maximum atomic E-state index is 11.7. The Morgan fingerprint density at radius 3 is 2.67 bits per heavy atom. The van der Waals surface area contributed by atoms with Crippen LogP contribution < -0.4 is 5.32 Å². The minimum atomic E-state index is -1.01. The van der Waals surface area contributed by atoms with E-state index in [2.05, 4.69) is 29.2 Å². The lowest BCUT2D eigenvalue weighted by Gasteiger charge is -2.17. The highest BCUT2D eigenvalue weighted by atomic mass is 16.4. The molecule has 21 heavy (non-hydrogen) atoms. The van der Waals surface area contributed by atoms with Gasteiger partial charge in [-0.2, -0.15) is 5.10 Å². The molecule has 0 aliphatic heterocycles. The van der Waals surface area contributed by atoms with E-state index in [0.29, 0.717) is 19.5 Å². The van der Waals surface area contributed by atoms with Crippen LogP contribution in [-0.2, 0) is 11.3 Å². The molecule has 7 nitrogen and oxygen atoms in total. The van der Waals surface area contributed by atoms with Crippen molar-refractivity contribution < 1.29 is 14.7 Å². The average molecular weight is 296 g/mol. The molecule has 118 valence electrons. The first-order valence-electron chi connectivity index (χ1n) is 7.31. The van der Waals surface area contributed by atoms with Crippen molar-refractivity contribution in [2.75, 3.05) is 26.2 Å². The summed E-state index contributed by atoms with van der Waals surface area (Å²) in [5, 5.41) is 15.5. The van der Waals surface area contributed by atoms with Gasteiger partial charge in [-0.25, -0.2) is 4.79 Å². The van der Waals surface area contributed by atoms with Gasteiger partial charge in [-0.05, 0) is 26.1 Å². The minimum Gasteiger partial charge on any atom is -0.478 e. The van der Waals surface area contributed by atoms with Crippen LogP contribution >= 0.6 is 0 Å². The number of carboxylic acids is 1. The molecular formula is C14H24N4O3. The van der Waals surface area contributed by atoms with E-state index in [4.69, 9.17) is 5.11 Å². The minimum absolute atomic E-state index is 0.0399. The largest absolute Gasteiger partial charge is 0.478 e. The standard InChI is InChI=1S/C14H24N4O3/c1-3-17(4-2)8-5-7-15-13(19)6-9-18-11-12(10-16-18)14(20)21/h10-11H,3-9H2,1-2H3,(H,15,19)(H,20,21). The predicted octanol–water partition coefficient (Wildman–Crippen LogP) is 0.819. The van der Waals surface area contributed by atoms with E-state index in [-0.39, 0.29) is 11.5 Å². The van der Waals surface area contributed by atoms with Gasteiger partial charge in [-0.1, -0.05) is 13.8 Å². The molecule has 1 aromatic heterocycles. The quantitative estimate of drug-likeness (QED) is 0.624. The van der Waals surface area contributed by atoms with Crippen molar-refractivity contribution in [1.29, 1.82) is 0 Å². The summed E-state index contributed by atoms with van der Waals surface area (Å²) in [5.74, 6) is -1.05. The Hall–Kier alpha value is -1.89. The van der Waals surface area contributed by atoms with Crippen LogP contribution in [0.3, 0.4) is 0 Å². The number of aromatic carboxylic acids is 1. The maximum Gasteiger partial charge on any atom is 0.338 e. The summed E-state index contributed by atoms with van der Waals surface area (Å²) in [7, 11) is 0. The predicted molar refractivity (Wildman–Crippen MR) is 79.2 cm³/mol. The summed E-state index contributed by atoms with van der Waals surface area (Å²) in [6.45, 7) is 8.32. The van der Waals surface area contributed by atoms with Gasteiger partial charge in [-0.15, -0.1) is 0 Å². The molecule has 0 atom stereocenters. The average Bonchev–Trinajstić information content (AvgIpc) is 2.94. The second-order valence-corrected chi connectivity index (χ2v) is 4.78. The van der Waals surface area contributed by atoms with Crippen molar-refractivity contribution in [1.82, 2.24) is 20.0 Å². The molecule has 1 rings (SSSR count). The van der Waals surface area contributed by atoms with Gasteiger partial charge >= 0.3 is 5.97 Å². The number of rotatable bonds is 10. The second-order valence-electron chi connectivity index (χ2n) is 4.78. The summed E-state index contributed by atoms with van der Waals surface area (Å²) in [4.78, 5) is 24.7. The number of carbonyl (C=O) groups excluding carboxylic acids is 1. The van der Waals surface area contributed by atoms with Gasteiger partial charge in [0.15, 0.2) is 0 Å². The van der Waals surface area contributed by atoms with Crippen molar-refractivity contribution in [3.8, 4) is 0 Å². The lowest BCUT2D eigenvalue weighted by atomic mass is 10.3. The molecule has 0 aromatic carbocycles. The zero-order valence-corrected chi connectivity index (χ0v) is 12.7. The number of amides is 1. The number of aryl methyl sites for hydroxylation is 1. The monoisotopic (exact) mass is 296 g/mol. The van der Waals surface area contributed by atoms with E-state index >= 15 is 0 Å². The molecule has 0 saturated heterocycles. The molecule has 2 N–H and O–H groups in total. The fourth-order valence-corrected chi connectivity index (χ4v) is 1.97. The van der Waals surface area contributed by atoms with Crippen LogP contribution in [0.5, 0.6) is 0 Å². The Morgan fingerprint density at radius 2 is 2.10 bits per heavy atom. The highest BCUT2D eigenvalue weighted by Crippen LogP contribution is 1.98. The highest BCUT2D eigenvalue weighted by Gasteiger charge is 2.07. The first kappa shape index (κ1) is 17.2. The normalized spacial score (nSPS) is 10.8. The van der Waals surface area contributed by atoms with Crippen molar-refractivity contribution in [2.45, 2.75) is 33.2 Å².